The van der Waals surface area contributed by atoms with Crippen LogP contribution in [0.4, 0.5) is 0 Å². The molecule has 0 bridgehead atoms. The molecule has 3 nitrogen and oxygen atoms in total. The van der Waals surface area contributed by atoms with E-state index in [4.69, 9.17) is 4.74 Å². The van der Waals surface area contributed by atoms with Crippen molar-refractivity contribution in [3.8, 4) is 5.75 Å². The first-order valence-corrected chi connectivity index (χ1v) is 8.50. The second-order valence-corrected chi connectivity index (χ2v) is 6.11. The van der Waals surface area contributed by atoms with Crippen molar-refractivity contribution in [3.63, 3.8) is 0 Å². The van der Waals surface area contributed by atoms with E-state index in [-0.39, 0.29) is 0 Å². The lowest BCUT2D eigenvalue weighted by Gasteiger charge is -2.14. The number of benzene rings is 1. The summed E-state index contributed by atoms with van der Waals surface area (Å²) in [7, 11) is 1.58. The van der Waals surface area contributed by atoms with Gasteiger partial charge in [0.15, 0.2) is 0 Å². The Morgan fingerprint density at radius 2 is 1.73 bits per heavy atom. The van der Waals surface area contributed by atoms with Crippen LogP contribution in [0, 0.1) is 0 Å². The highest BCUT2D eigenvalue weighted by Gasteiger charge is 2.12. The van der Waals surface area contributed by atoms with Crippen molar-refractivity contribution in [2.24, 2.45) is 0 Å². The van der Waals surface area contributed by atoms with Gasteiger partial charge < -0.3 is 9.84 Å². The zero-order valence-corrected chi connectivity index (χ0v) is 14.2. The molecule has 0 heterocycles. The molecular formula is C19H30O3. The molecule has 1 aromatic carbocycles. The van der Waals surface area contributed by atoms with Crippen molar-refractivity contribution in [1.82, 2.24) is 0 Å². The van der Waals surface area contributed by atoms with Gasteiger partial charge in [-0.05, 0) is 36.1 Å². The summed E-state index contributed by atoms with van der Waals surface area (Å²) in [4.78, 5) is 11.2. The summed E-state index contributed by atoms with van der Waals surface area (Å²) in [6.45, 7) is 4.40. The van der Waals surface area contributed by atoms with Crippen LogP contribution < -0.4 is 4.74 Å². The smallest absolute Gasteiger partial charge is 0.335 e. The normalized spacial score (nSPS) is 12.1. The van der Waals surface area contributed by atoms with Crippen LogP contribution in [0.1, 0.15) is 87.1 Å². The van der Waals surface area contributed by atoms with Crippen LogP contribution in [0.15, 0.2) is 18.2 Å². The summed E-state index contributed by atoms with van der Waals surface area (Å²) < 4.78 is 5.21. The molecule has 1 rings (SSSR count). The zero-order chi connectivity index (χ0) is 16.4. The van der Waals surface area contributed by atoms with Gasteiger partial charge in [0.05, 0.1) is 12.7 Å². The SMILES string of the molecule is CCCCCCCCC[C@H](C)c1cc(OC)cc(C(=O)O)c1. The number of methoxy groups -OCH3 is 1. The minimum Gasteiger partial charge on any atom is -0.497 e. The lowest BCUT2D eigenvalue weighted by atomic mass is 9.93. The predicted molar refractivity (Wildman–Crippen MR) is 91.0 cm³/mol. The Morgan fingerprint density at radius 1 is 1.09 bits per heavy atom. The van der Waals surface area contributed by atoms with Gasteiger partial charge in [0.2, 0.25) is 0 Å². The maximum absolute atomic E-state index is 11.2. The number of aromatic carboxylic acids is 1. The second-order valence-electron chi connectivity index (χ2n) is 6.11. The summed E-state index contributed by atoms with van der Waals surface area (Å²) in [5.41, 5.74) is 1.36. The zero-order valence-electron chi connectivity index (χ0n) is 14.2. The van der Waals surface area contributed by atoms with Gasteiger partial charge in [-0.1, -0.05) is 58.8 Å². The van der Waals surface area contributed by atoms with Gasteiger partial charge in [-0.2, -0.15) is 0 Å². The summed E-state index contributed by atoms with van der Waals surface area (Å²) in [5.74, 6) is 0.0911. The molecule has 0 aliphatic carbocycles. The first-order valence-electron chi connectivity index (χ1n) is 8.50. The third-order valence-corrected chi connectivity index (χ3v) is 4.22. The molecule has 0 aliphatic rings. The lowest BCUT2D eigenvalue weighted by Crippen LogP contribution is -2.02. The van der Waals surface area contributed by atoms with Gasteiger partial charge in [0.25, 0.3) is 0 Å². The molecule has 22 heavy (non-hydrogen) atoms. The molecule has 3 heteroatoms. The van der Waals surface area contributed by atoms with Crippen molar-refractivity contribution < 1.29 is 14.6 Å². The van der Waals surface area contributed by atoms with Crippen LogP contribution in [0.25, 0.3) is 0 Å². The molecule has 0 saturated carbocycles. The number of hydrogen-bond donors (Lipinski definition) is 1. The quantitative estimate of drug-likeness (QED) is 0.538. The van der Waals surface area contributed by atoms with Crippen molar-refractivity contribution in [3.05, 3.63) is 29.3 Å². The highest BCUT2D eigenvalue weighted by molar-refractivity contribution is 5.88. The average molecular weight is 306 g/mol. The van der Waals surface area contributed by atoms with E-state index in [0.717, 1.165) is 12.0 Å². The molecular weight excluding hydrogens is 276 g/mol. The maximum atomic E-state index is 11.2. The van der Waals surface area contributed by atoms with Crippen molar-refractivity contribution in [2.75, 3.05) is 7.11 Å². The number of unbranched alkanes of at least 4 members (excludes halogenated alkanes) is 6. The molecule has 1 aromatic rings. The van der Waals surface area contributed by atoms with Crippen molar-refractivity contribution in [1.29, 1.82) is 0 Å². The number of hydrogen-bond acceptors (Lipinski definition) is 2. The molecule has 124 valence electrons. The number of carboxylic acids is 1. The van der Waals surface area contributed by atoms with E-state index in [9.17, 15) is 9.90 Å². The first-order chi connectivity index (χ1) is 10.6. The highest BCUT2D eigenvalue weighted by atomic mass is 16.5. The van der Waals surface area contributed by atoms with Crippen molar-refractivity contribution >= 4 is 5.97 Å². The Morgan fingerprint density at radius 3 is 2.32 bits per heavy atom. The average Bonchev–Trinajstić information content (AvgIpc) is 2.53. The first kappa shape index (κ1) is 18.5. The Hall–Kier alpha value is -1.51. The molecule has 0 spiro atoms. The molecule has 0 fully saturated rings. The van der Waals surface area contributed by atoms with Crippen LogP contribution in [0.2, 0.25) is 0 Å². The van der Waals surface area contributed by atoms with Gasteiger partial charge in [-0.25, -0.2) is 4.79 Å². The summed E-state index contributed by atoms with van der Waals surface area (Å²) >= 11 is 0. The molecule has 1 N–H and O–H groups in total. The molecule has 0 aliphatic heterocycles. The third kappa shape index (κ3) is 6.50. The van der Waals surface area contributed by atoms with Crippen molar-refractivity contribution in [2.45, 2.75) is 71.1 Å². The van der Waals surface area contributed by atoms with Crippen LogP contribution in [-0.4, -0.2) is 18.2 Å². The molecule has 0 radical (unpaired) electrons. The summed E-state index contributed by atoms with van der Waals surface area (Å²) in [6.07, 6.45) is 10.2. The Bertz CT molecular complexity index is 454. The van der Waals surface area contributed by atoms with Crippen LogP contribution in [0.3, 0.4) is 0 Å². The Kier molecular flexibility index (Phi) is 8.64. The largest absolute Gasteiger partial charge is 0.497 e. The van der Waals surface area contributed by atoms with E-state index in [0.29, 0.717) is 17.2 Å². The number of carbonyl (C=O) groups is 1. The van der Waals surface area contributed by atoms with Gasteiger partial charge in [-0.3, -0.25) is 0 Å². The fourth-order valence-corrected chi connectivity index (χ4v) is 2.72. The van der Waals surface area contributed by atoms with Gasteiger partial charge in [-0.15, -0.1) is 0 Å². The van der Waals surface area contributed by atoms with E-state index < -0.39 is 5.97 Å². The van der Waals surface area contributed by atoms with Gasteiger partial charge in [0.1, 0.15) is 5.75 Å². The van der Waals surface area contributed by atoms with E-state index >= 15 is 0 Å². The van der Waals surface area contributed by atoms with Gasteiger partial charge in [0, 0.05) is 0 Å². The van der Waals surface area contributed by atoms with E-state index in [1.807, 2.05) is 6.07 Å². The standard InChI is InChI=1S/C19H30O3/c1-4-5-6-7-8-9-10-11-15(2)16-12-17(19(20)21)14-18(13-16)22-3/h12-15H,4-11H2,1-3H3,(H,20,21)/t15-/m0/s1. The fourth-order valence-electron chi connectivity index (χ4n) is 2.72. The minimum absolute atomic E-state index is 0.306. The fraction of sp³-hybridized carbons (Fsp3) is 0.632. The van der Waals surface area contributed by atoms with E-state index in [1.54, 1.807) is 19.2 Å². The minimum atomic E-state index is -0.900. The summed E-state index contributed by atoms with van der Waals surface area (Å²) in [5, 5.41) is 9.17. The Balaban J connectivity index is 2.46. The third-order valence-electron chi connectivity index (χ3n) is 4.22. The lowest BCUT2D eigenvalue weighted by molar-refractivity contribution is 0.0696. The molecule has 1 atom stereocenters. The van der Waals surface area contributed by atoms with Gasteiger partial charge >= 0.3 is 5.97 Å². The molecule has 0 saturated heterocycles. The van der Waals surface area contributed by atoms with Crippen LogP contribution in [-0.2, 0) is 0 Å². The predicted octanol–water partition coefficient (Wildman–Crippen LogP) is 5.64. The van der Waals surface area contributed by atoms with E-state index in [1.165, 1.54) is 44.9 Å². The molecule has 0 aromatic heterocycles. The number of rotatable bonds is 11. The molecule has 0 amide bonds. The molecule has 0 unspecified atom stereocenters. The van der Waals surface area contributed by atoms with Crippen LogP contribution in [0.5, 0.6) is 5.75 Å². The highest BCUT2D eigenvalue weighted by Crippen LogP contribution is 2.27. The number of carboxylic acid groups (broad SMARTS) is 1. The van der Waals surface area contributed by atoms with Crippen LogP contribution >= 0.6 is 0 Å². The summed E-state index contributed by atoms with van der Waals surface area (Å²) in [6, 6.07) is 5.31. The maximum Gasteiger partial charge on any atom is 0.335 e. The Labute approximate surface area is 134 Å². The number of ether oxygens (including phenoxy) is 1. The van der Waals surface area contributed by atoms with E-state index in [2.05, 4.69) is 13.8 Å². The second kappa shape index (κ2) is 10.3. The monoisotopic (exact) mass is 306 g/mol. The topological polar surface area (TPSA) is 46.5 Å².